The highest BCUT2D eigenvalue weighted by Gasteiger charge is 2.46. The number of hydrogen-bond donors (Lipinski definition) is 2. The molecule has 40 heavy (non-hydrogen) atoms. The molecule has 0 bridgehead atoms. The van der Waals surface area contributed by atoms with Crippen molar-refractivity contribution in [2.45, 2.75) is 64.1 Å². The van der Waals surface area contributed by atoms with Gasteiger partial charge in [0.25, 0.3) is 5.56 Å². The molecule has 8 nitrogen and oxygen atoms in total. The summed E-state index contributed by atoms with van der Waals surface area (Å²) < 4.78 is 61.2. The van der Waals surface area contributed by atoms with Gasteiger partial charge in [0.2, 0.25) is 5.91 Å². The highest BCUT2D eigenvalue weighted by atomic mass is 35.5. The number of aromatic nitrogens is 2. The van der Waals surface area contributed by atoms with E-state index >= 15 is 0 Å². The van der Waals surface area contributed by atoms with Gasteiger partial charge in [0.15, 0.2) is 5.60 Å². The van der Waals surface area contributed by atoms with Gasteiger partial charge < -0.3 is 19.7 Å². The first-order chi connectivity index (χ1) is 18.8. The maximum atomic E-state index is 14.8. The van der Waals surface area contributed by atoms with Crippen LogP contribution in [0.1, 0.15) is 60.5 Å². The Morgan fingerprint density at radius 1 is 1.30 bits per heavy atom. The minimum Gasteiger partial charge on any atom is -0.458 e. The molecular formula is C27H22ClF4N3O5. The first kappa shape index (κ1) is 26.7. The van der Waals surface area contributed by atoms with Gasteiger partial charge in [-0.3, -0.25) is 9.59 Å². The molecule has 1 amide bonds. The molecule has 3 aliphatic rings. The molecule has 1 aliphatic carbocycles. The SMILES string of the molecule is CC[C@@]1(O)C(=O)OCc2c1cc1n(c2=O)Cc2c-1nc1cc(F)c(Cl)c3c1c2[C@@H](NC(=O)[C@H](C)C(F)(F)F)CC3. The molecule has 2 aromatic heterocycles. The van der Waals surface area contributed by atoms with Gasteiger partial charge >= 0.3 is 12.1 Å². The Bertz CT molecular complexity index is 1720. The fraction of sp³-hybridized carbons (Fsp3) is 0.407. The fourth-order valence-electron chi connectivity index (χ4n) is 5.94. The van der Waals surface area contributed by atoms with Crippen LogP contribution in [0.5, 0.6) is 0 Å². The Morgan fingerprint density at radius 3 is 2.70 bits per heavy atom. The van der Waals surface area contributed by atoms with Crippen molar-refractivity contribution in [1.82, 2.24) is 14.9 Å². The molecule has 4 heterocycles. The van der Waals surface area contributed by atoms with E-state index in [9.17, 15) is 37.1 Å². The van der Waals surface area contributed by atoms with Crippen LogP contribution in [0.3, 0.4) is 0 Å². The average molecular weight is 580 g/mol. The molecule has 210 valence electrons. The minimum absolute atomic E-state index is 0.0524. The Morgan fingerprint density at radius 2 is 2.02 bits per heavy atom. The Labute approximate surface area is 228 Å². The van der Waals surface area contributed by atoms with Crippen LogP contribution in [0.2, 0.25) is 5.02 Å². The molecule has 3 atom stereocenters. The molecule has 3 aromatic rings. The second-order valence-corrected chi connectivity index (χ2v) is 10.7. The molecule has 0 saturated carbocycles. The van der Waals surface area contributed by atoms with Gasteiger partial charge in [-0.2, -0.15) is 13.2 Å². The number of rotatable bonds is 3. The predicted molar refractivity (Wildman–Crippen MR) is 134 cm³/mol. The van der Waals surface area contributed by atoms with Crippen molar-refractivity contribution in [2.75, 3.05) is 0 Å². The Hall–Kier alpha value is -3.51. The van der Waals surface area contributed by atoms with Crippen molar-refractivity contribution in [3.63, 3.8) is 0 Å². The molecule has 2 N–H and O–H groups in total. The van der Waals surface area contributed by atoms with Crippen LogP contribution in [-0.4, -0.2) is 32.7 Å². The standard InChI is InChI=1S/C27H22ClF4N3O5/c1-3-26(39)14-6-18-22-12(8-35(18)24(37)13(14)9-40-25(26)38)20-16(34-23(36)10(2)27(30,31)32)5-4-11-19(20)17(33-22)7-15(29)21(11)28/h6-7,10,16,39H,3-5,8-9H2,1-2H3,(H,34,36)/t10-,16-,26-/m0/s1. The molecule has 6 rings (SSSR count). The van der Waals surface area contributed by atoms with Gasteiger partial charge in [0.1, 0.15) is 18.3 Å². The van der Waals surface area contributed by atoms with E-state index in [2.05, 4.69) is 10.3 Å². The summed E-state index contributed by atoms with van der Waals surface area (Å²) >= 11 is 6.29. The van der Waals surface area contributed by atoms with Crippen molar-refractivity contribution in [3.8, 4) is 11.4 Å². The Kier molecular flexibility index (Phi) is 5.84. The van der Waals surface area contributed by atoms with Crippen LogP contribution in [0.15, 0.2) is 16.9 Å². The number of carbonyl (C=O) groups excluding carboxylic acids is 2. The lowest BCUT2D eigenvalue weighted by Gasteiger charge is -2.31. The molecule has 1 aromatic carbocycles. The smallest absolute Gasteiger partial charge is 0.400 e. The van der Waals surface area contributed by atoms with E-state index in [1.54, 1.807) is 6.92 Å². The summed E-state index contributed by atoms with van der Waals surface area (Å²) in [6.45, 7) is 1.94. The number of carbonyl (C=O) groups is 2. The number of cyclic esters (lactones) is 1. The summed E-state index contributed by atoms with van der Waals surface area (Å²) in [5.41, 5.74) is -0.518. The second-order valence-electron chi connectivity index (χ2n) is 10.4. The topological polar surface area (TPSA) is 111 Å². The molecule has 0 radical (unpaired) electrons. The molecule has 13 heteroatoms. The molecule has 2 aliphatic heterocycles. The third-order valence-corrected chi connectivity index (χ3v) is 8.65. The molecular weight excluding hydrogens is 558 g/mol. The number of aryl methyl sites for hydroxylation is 1. The van der Waals surface area contributed by atoms with E-state index in [-0.39, 0.29) is 65.5 Å². The number of nitrogens with zero attached hydrogens (tertiary/aromatic N) is 2. The fourth-order valence-corrected chi connectivity index (χ4v) is 6.19. The van der Waals surface area contributed by atoms with E-state index in [4.69, 9.17) is 16.3 Å². The first-order valence-electron chi connectivity index (χ1n) is 12.7. The second kappa shape index (κ2) is 8.74. The number of pyridine rings is 2. The van der Waals surface area contributed by atoms with Crippen LogP contribution < -0.4 is 10.9 Å². The van der Waals surface area contributed by atoms with Gasteiger partial charge in [0, 0.05) is 22.6 Å². The summed E-state index contributed by atoms with van der Waals surface area (Å²) in [4.78, 5) is 43.3. The maximum Gasteiger partial charge on any atom is 0.400 e. The number of hydrogen-bond acceptors (Lipinski definition) is 6. The van der Waals surface area contributed by atoms with Crippen LogP contribution >= 0.6 is 11.6 Å². The normalized spacial score (nSPS) is 21.9. The summed E-state index contributed by atoms with van der Waals surface area (Å²) in [6, 6.07) is 1.68. The lowest BCUT2D eigenvalue weighted by atomic mass is 9.83. The Balaban J connectivity index is 1.60. The van der Waals surface area contributed by atoms with Crippen LogP contribution in [-0.2, 0) is 39.5 Å². The number of aliphatic hydroxyl groups is 1. The van der Waals surface area contributed by atoms with Gasteiger partial charge in [-0.1, -0.05) is 18.5 Å². The predicted octanol–water partition coefficient (Wildman–Crippen LogP) is 4.17. The van der Waals surface area contributed by atoms with Crippen molar-refractivity contribution < 1.29 is 37.0 Å². The maximum absolute atomic E-state index is 14.8. The largest absolute Gasteiger partial charge is 0.458 e. The third-order valence-electron chi connectivity index (χ3n) is 8.24. The number of nitrogens with one attached hydrogen (secondary N) is 1. The highest BCUT2D eigenvalue weighted by Crippen LogP contribution is 2.47. The van der Waals surface area contributed by atoms with E-state index in [1.165, 1.54) is 10.6 Å². The van der Waals surface area contributed by atoms with Crippen molar-refractivity contribution >= 4 is 34.4 Å². The van der Waals surface area contributed by atoms with Crippen LogP contribution in [0, 0.1) is 11.7 Å². The van der Waals surface area contributed by atoms with E-state index in [0.29, 0.717) is 22.1 Å². The molecule has 0 fully saturated rings. The lowest BCUT2D eigenvalue weighted by Crippen LogP contribution is -2.44. The van der Waals surface area contributed by atoms with Crippen LogP contribution in [0.25, 0.3) is 22.3 Å². The van der Waals surface area contributed by atoms with Gasteiger partial charge in [-0.15, -0.1) is 0 Å². The van der Waals surface area contributed by atoms with Gasteiger partial charge in [-0.05, 0) is 43.4 Å². The summed E-state index contributed by atoms with van der Waals surface area (Å²) in [5.74, 6) is -5.12. The summed E-state index contributed by atoms with van der Waals surface area (Å²) in [7, 11) is 0. The lowest BCUT2D eigenvalue weighted by molar-refractivity contribution is -0.179. The van der Waals surface area contributed by atoms with Crippen LogP contribution in [0.4, 0.5) is 17.6 Å². The molecule has 0 saturated heterocycles. The average Bonchev–Trinajstić information content (AvgIpc) is 3.27. The van der Waals surface area contributed by atoms with E-state index in [0.717, 1.165) is 13.0 Å². The zero-order valence-electron chi connectivity index (χ0n) is 21.2. The monoisotopic (exact) mass is 579 g/mol. The van der Waals surface area contributed by atoms with Crippen molar-refractivity contribution in [3.05, 3.63) is 61.1 Å². The number of ether oxygens (including phenoxy) is 1. The molecule has 0 unspecified atom stereocenters. The number of amides is 1. The van der Waals surface area contributed by atoms with Crippen molar-refractivity contribution in [1.29, 1.82) is 0 Å². The minimum atomic E-state index is -4.75. The van der Waals surface area contributed by atoms with E-state index in [1.807, 2.05) is 0 Å². The van der Waals surface area contributed by atoms with E-state index < -0.39 is 47.0 Å². The van der Waals surface area contributed by atoms with Gasteiger partial charge in [0.05, 0.1) is 40.1 Å². The zero-order valence-corrected chi connectivity index (χ0v) is 22.0. The summed E-state index contributed by atoms with van der Waals surface area (Å²) in [5, 5.41) is 13.9. The number of fused-ring (bicyclic) bond motifs is 5. The van der Waals surface area contributed by atoms with Gasteiger partial charge in [-0.25, -0.2) is 14.2 Å². The summed E-state index contributed by atoms with van der Waals surface area (Å²) in [6.07, 6.45) is -4.51. The number of esters is 1. The highest BCUT2D eigenvalue weighted by molar-refractivity contribution is 6.32. The molecule has 0 spiro atoms. The third kappa shape index (κ3) is 3.61. The number of alkyl halides is 3. The first-order valence-corrected chi connectivity index (χ1v) is 13.0. The quantitative estimate of drug-likeness (QED) is 0.278. The van der Waals surface area contributed by atoms with Crippen molar-refractivity contribution in [2.24, 2.45) is 5.92 Å². The number of halogens is 5. The number of benzene rings is 1. The zero-order chi connectivity index (χ0) is 28.9.